The number of imide groups is 1. The first-order valence-electron chi connectivity index (χ1n) is 6.04. The second kappa shape index (κ2) is 4.85. The van der Waals surface area contributed by atoms with Crippen LogP contribution in [0.5, 0.6) is 11.5 Å². The lowest BCUT2D eigenvalue weighted by Gasteiger charge is -2.18. The number of para-hydroxylation sites is 1. The Hall–Kier alpha value is -2.55. The van der Waals surface area contributed by atoms with Crippen molar-refractivity contribution in [1.82, 2.24) is 4.90 Å². The minimum Gasteiger partial charge on any atom is -0.483 e. The SMILES string of the molecule is CN(C(=O)C#N)C(=O)Oc1cccc2c1OC(C)(C)C2. The zero-order valence-corrected chi connectivity index (χ0v) is 11.5. The summed E-state index contributed by atoms with van der Waals surface area (Å²) >= 11 is 0. The summed E-state index contributed by atoms with van der Waals surface area (Å²) < 4.78 is 10.9. The maximum absolute atomic E-state index is 11.8. The average Bonchev–Trinajstić information content (AvgIpc) is 2.72. The van der Waals surface area contributed by atoms with E-state index in [1.807, 2.05) is 19.9 Å². The molecule has 1 aromatic rings. The van der Waals surface area contributed by atoms with Crippen molar-refractivity contribution in [3.8, 4) is 17.6 Å². The van der Waals surface area contributed by atoms with Gasteiger partial charge in [-0.25, -0.2) is 9.69 Å². The lowest BCUT2D eigenvalue weighted by molar-refractivity contribution is -0.122. The van der Waals surface area contributed by atoms with Crippen LogP contribution in [0.2, 0.25) is 0 Å². The highest BCUT2D eigenvalue weighted by molar-refractivity contribution is 6.01. The van der Waals surface area contributed by atoms with Crippen LogP contribution in [-0.4, -0.2) is 29.5 Å². The lowest BCUT2D eigenvalue weighted by atomic mass is 10.0. The lowest BCUT2D eigenvalue weighted by Crippen LogP contribution is -2.34. The minimum absolute atomic E-state index is 0.246. The largest absolute Gasteiger partial charge is 0.483 e. The highest BCUT2D eigenvalue weighted by Gasteiger charge is 2.33. The van der Waals surface area contributed by atoms with Crippen molar-refractivity contribution >= 4 is 12.0 Å². The number of nitrogens with zero attached hydrogens (tertiary/aromatic N) is 2. The first kappa shape index (κ1) is 13.9. The Morgan fingerprint density at radius 2 is 2.15 bits per heavy atom. The Morgan fingerprint density at radius 3 is 2.80 bits per heavy atom. The van der Waals surface area contributed by atoms with Gasteiger partial charge in [0.15, 0.2) is 17.6 Å². The van der Waals surface area contributed by atoms with Crippen LogP contribution in [0.1, 0.15) is 19.4 Å². The third-order valence-corrected chi connectivity index (χ3v) is 2.93. The van der Waals surface area contributed by atoms with E-state index in [1.165, 1.54) is 13.1 Å². The van der Waals surface area contributed by atoms with Gasteiger partial charge in [0.05, 0.1) is 0 Å². The molecule has 1 aromatic carbocycles. The molecule has 0 saturated heterocycles. The number of fused-ring (bicyclic) bond motifs is 1. The second-order valence-electron chi connectivity index (χ2n) is 5.13. The first-order chi connectivity index (χ1) is 9.34. The highest BCUT2D eigenvalue weighted by atomic mass is 16.6. The van der Waals surface area contributed by atoms with E-state index in [0.29, 0.717) is 17.1 Å². The predicted molar refractivity (Wildman–Crippen MR) is 69.3 cm³/mol. The number of nitriles is 1. The van der Waals surface area contributed by atoms with Gasteiger partial charge >= 0.3 is 12.0 Å². The van der Waals surface area contributed by atoms with E-state index in [-0.39, 0.29) is 11.4 Å². The molecule has 0 saturated carbocycles. The fourth-order valence-electron chi connectivity index (χ4n) is 1.99. The van der Waals surface area contributed by atoms with E-state index >= 15 is 0 Å². The third-order valence-electron chi connectivity index (χ3n) is 2.93. The molecule has 0 atom stereocenters. The molecular formula is C14H14N2O4. The summed E-state index contributed by atoms with van der Waals surface area (Å²) in [6.07, 6.45) is -0.209. The van der Waals surface area contributed by atoms with Crippen LogP contribution < -0.4 is 9.47 Å². The molecule has 0 unspecified atom stereocenters. The molecule has 2 rings (SSSR count). The van der Waals surface area contributed by atoms with E-state index in [9.17, 15) is 9.59 Å². The van der Waals surface area contributed by atoms with Gasteiger partial charge in [-0.3, -0.25) is 4.79 Å². The molecule has 1 aliphatic heterocycles. The Balaban J connectivity index is 2.21. The van der Waals surface area contributed by atoms with Gasteiger partial charge in [-0.2, -0.15) is 5.26 Å². The van der Waals surface area contributed by atoms with Crippen LogP contribution in [0.15, 0.2) is 18.2 Å². The molecule has 0 aliphatic carbocycles. The molecule has 2 amide bonds. The predicted octanol–water partition coefficient (Wildman–Crippen LogP) is 1.88. The molecule has 6 nitrogen and oxygen atoms in total. The molecule has 0 aromatic heterocycles. The monoisotopic (exact) mass is 274 g/mol. The molecule has 20 heavy (non-hydrogen) atoms. The number of ether oxygens (including phenoxy) is 2. The van der Waals surface area contributed by atoms with Gasteiger partial charge in [-0.15, -0.1) is 0 Å². The Bertz CT molecular complexity index is 616. The number of rotatable bonds is 1. The summed E-state index contributed by atoms with van der Waals surface area (Å²) in [6, 6.07) is 6.58. The van der Waals surface area contributed by atoms with Crippen LogP contribution in [-0.2, 0) is 11.2 Å². The maximum atomic E-state index is 11.8. The molecule has 0 N–H and O–H groups in total. The molecule has 0 fully saturated rings. The minimum atomic E-state index is -0.983. The van der Waals surface area contributed by atoms with Crippen LogP contribution in [0.25, 0.3) is 0 Å². The fourth-order valence-corrected chi connectivity index (χ4v) is 1.99. The van der Waals surface area contributed by atoms with Crippen molar-refractivity contribution < 1.29 is 19.1 Å². The summed E-state index contributed by atoms with van der Waals surface area (Å²) in [5.41, 5.74) is 0.578. The van der Waals surface area contributed by atoms with Crippen molar-refractivity contribution in [3.63, 3.8) is 0 Å². The molecule has 0 spiro atoms. The number of carbonyl (C=O) groups excluding carboxylic acids is 2. The molecule has 0 bridgehead atoms. The van der Waals surface area contributed by atoms with Crippen molar-refractivity contribution in [3.05, 3.63) is 23.8 Å². The van der Waals surface area contributed by atoms with Crippen LogP contribution in [0.4, 0.5) is 4.79 Å². The molecule has 1 heterocycles. The number of benzene rings is 1. The number of carbonyl (C=O) groups is 2. The van der Waals surface area contributed by atoms with E-state index in [0.717, 1.165) is 5.56 Å². The summed E-state index contributed by atoms with van der Waals surface area (Å²) in [4.78, 5) is 23.5. The summed E-state index contributed by atoms with van der Waals surface area (Å²) in [5, 5.41) is 8.47. The van der Waals surface area contributed by atoms with Crippen LogP contribution in [0, 0.1) is 11.3 Å². The van der Waals surface area contributed by atoms with Crippen molar-refractivity contribution in [2.24, 2.45) is 0 Å². The Morgan fingerprint density at radius 1 is 1.45 bits per heavy atom. The first-order valence-corrected chi connectivity index (χ1v) is 6.04. The van der Waals surface area contributed by atoms with E-state index in [4.69, 9.17) is 14.7 Å². The number of hydrogen-bond donors (Lipinski definition) is 0. The van der Waals surface area contributed by atoms with Crippen molar-refractivity contribution in [2.45, 2.75) is 25.9 Å². The molecule has 0 radical (unpaired) electrons. The highest BCUT2D eigenvalue weighted by Crippen LogP contribution is 2.41. The molecule has 1 aliphatic rings. The topological polar surface area (TPSA) is 79.6 Å². The fraction of sp³-hybridized carbons (Fsp3) is 0.357. The van der Waals surface area contributed by atoms with Gasteiger partial charge in [0, 0.05) is 19.0 Å². The van der Waals surface area contributed by atoms with Gasteiger partial charge in [0.25, 0.3) is 0 Å². The van der Waals surface area contributed by atoms with Gasteiger partial charge in [0.2, 0.25) is 0 Å². The Labute approximate surface area is 116 Å². The third kappa shape index (κ3) is 2.57. The van der Waals surface area contributed by atoms with Gasteiger partial charge in [-0.05, 0) is 19.9 Å². The van der Waals surface area contributed by atoms with Gasteiger partial charge < -0.3 is 9.47 Å². The maximum Gasteiger partial charge on any atom is 0.422 e. The van der Waals surface area contributed by atoms with E-state index in [1.54, 1.807) is 12.1 Å². The van der Waals surface area contributed by atoms with Crippen molar-refractivity contribution in [2.75, 3.05) is 7.05 Å². The number of amides is 2. The summed E-state index contributed by atoms with van der Waals surface area (Å²) in [5.74, 6) is -0.233. The van der Waals surface area contributed by atoms with Gasteiger partial charge in [0.1, 0.15) is 5.60 Å². The molecule has 6 heteroatoms. The molecular weight excluding hydrogens is 260 g/mol. The quantitative estimate of drug-likeness (QED) is 0.730. The number of hydrogen-bond acceptors (Lipinski definition) is 5. The van der Waals surface area contributed by atoms with Crippen LogP contribution >= 0.6 is 0 Å². The zero-order chi connectivity index (χ0) is 14.9. The zero-order valence-electron chi connectivity index (χ0n) is 11.5. The average molecular weight is 274 g/mol. The van der Waals surface area contributed by atoms with E-state index in [2.05, 4.69) is 0 Å². The normalized spacial score (nSPS) is 14.7. The smallest absolute Gasteiger partial charge is 0.422 e. The van der Waals surface area contributed by atoms with Crippen molar-refractivity contribution in [1.29, 1.82) is 5.26 Å². The summed E-state index contributed by atoms with van der Waals surface area (Å²) in [6.45, 7) is 3.87. The molecule has 104 valence electrons. The summed E-state index contributed by atoms with van der Waals surface area (Å²) in [7, 11) is 1.18. The van der Waals surface area contributed by atoms with E-state index < -0.39 is 12.0 Å². The second-order valence-corrected chi connectivity index (χ2v) is 5.13. The van der Waals surface area contributed by atoms with Gasteiger partial charge in [-0.1, -0.05) is 12.1 Å². The van der Waals surface area contributed by atoms with Crippen LogP contribution in [0.3, 0.4) is 0 Å². The Kier molecular flexibility index (Phi) is 3.36. The standard InChI is InChI=1S/C14H14N2O4/c1-14(2)7-9-5-4-6-10(12(9)20-14)19-13(18)16(3)11(17)8-15/h4-6H,7H2,1-3H3.